The Morgan fingerprint density at radius 2 is 1.79 bits per heavy atom. The summed E-state index contributed by atoms with van der Waals surface area (Å²) in [7, 11) is 0. The van der Waals surface area contributed by atoms with Crippen molar-refractivity contribution in [3.05, 3.63) is 58.1 Å². The molecule has 0 aromatic heterocycles. The third-order valence-electron chi connectivity index (χ3n) is 3.39. The van der Waals surface area contributed by atoms with Gasteiger partial charge in [0.05, 0.1) is 22.8 Å². The first-order valence-corrected chi connectivity index (χ1v) is 7.52. The Morgan fingerprint density at radius 3 is 2.42 bits per heavy atom. The number of amides is 1. The molecule has 24 heavy (non-hydrogen) atoms. The average Bonchev–Trinajstić information content (AvgIpc) is 2.48. The molecule has 3 nitrogen and oxygen atoms in total. The highest BCUT2D eigenvalue weighted by molar-refractivity contribution is 6.33. The van der Waals surface area contributed by atoms with Gasteiger partial charge < -0.3 is 10.6 Å². The first-order chi connectivity index (χ1) is 11.2. The van der Waals surface area contributed by atoms with Crippen molar-refractivity contribution in [1.82, 2.24) is 0 Å². The van der Waals surface area contributed by atoms with E-state index in [1.165, 1.54) is 0 Å². The van der Waals surface area contributed by atoms with Gasteiger partial charge in [0.1, 0.15) is 0 Å². The maximum atomic E-state index is 12.7. The number of halogens is 4. The Hall–Kier alpha value is -2.21. The minimum atomic E-state index is -4.47. The van der Waals surface area contributed by atoms with Crippen LogP contribution in [0, 0.1) is 13.8 Å². The molecular formula is C17H16ClF3N2O. The lowest BCUT2D eigenvalue weighted by Gasteiger charge is -2.13. The predicted octanol–water partition coefficient (Wildman–Crippen LogP) is 5.03. The third-order valence-corrected chi connectivity index (χ3v) is 3.72. The monoisotopic (exact) mass is 356 g/mol. The first-order valence-electron chi connectivity index (χ1n) is 7.14. The molecule has 0 heterocycles. The van der Waals surface area contributed by atoms with Crippen LogP contribution in [0.25, 0.3) is 0 Å². The minimum Gasteiger partial charge on any atom is -0.375 e. The Kier molecular flexibility index (Phi) is 5.39. The van der Waals surface area contributed by atoms with Crippen molar-refractivity contribution in [3.63, 3.8) is 0 Å². The largest absolute Gasteiger partial charge is 0.416 e. The van der Waals surface area contributed by atoms with Crippen LogP contribution < -0.4 is 10.6 Å². The summed E-state index contributed by atoms with van der Waals surface area (Å²) in [4.78, 5) is 12.0. The van der Waals surface area contributed by atoms with E-state index < -0.39 is 11.7 Å². The summed E-state index contributed by atoms with van der Waals surface area (Å²) < 4.78 is 38.1. The fraction of sp³-hybridized carbons (Fsp3) is 0.235. The number of alkyl halides is 3. The van der Waals surface area contributed by atoms with Gasteiger partial charge in [-0.05, 0) is 43.7 Å². The van der Waals surface area contributed by atoms with E-state index in [0.717, 1.165) is 29.3 Å². The van der Waals surface area contributed by atoms with Crippen LogP contribution in [-0.2, 0) is 11.0 Å². The van der Waals surface area contributed by atoms with Crippen LogP contribution in [0.1, 0.15) is 16.7 Å². The molecule has 2 rings (SSSR count). The number of carbonyl (C=O) groups excluding carboxylic acids is 1. The second kappa shape index (κ2) is 7.13. The van der Waals surface area contributed by atoms with E-state index >= 15 is 0 Å². The highest BCUT2D eigenvalue weighted by Crippen LogP contribution is 2.33. The van der Waals surface area contributed by atoms with Gasteiger partial charge in [0.15, 0.2) is 0 Å². The van der Waals surface area contributed by atoms with Crippen molar-refractivity contribution < 1.29 is 18.0 Å². The van der Waals surface area contributed by atoms with Gasteiger partial charge in [-0.1, -0.05) is 29.3 Å². The van der Waals surface area contributed by atoms with Gasteiger partial charge in [-0.15, -0.1) is 0 Å². The standard InChI is InChI=1S/C17H16ClF3N2O/c1-10-3-6-14(11(2)7-10)23-16(24)9-22-15-8-12(17(19,20)21)4-5-13(15)18/h3-8,22H,9H2,1-2H3,(H,23,24). The molecule has 7 heteroatoms. The zero-order valence-corrected chi connectivity index (χ0v) is 13.8. The highest BCUT2D eigenvalue weighted by atomic mass is 35.5. The molecule has 0 saturated carbocycles. The fourth-order valence-electron chi connectivity index (χ4n) is 2.16. The molecule has 0 atom stereocenters. The molecule has 0 spiro atoms. The molecular weight excluding hydrogens is 341 g/mol. The van der Waals surface area contributed by atoms with E-state index in [1.807, 2.05) is 26.0 Å². The lowest BCUT2D eigenvalue weighted by Crippen LogP contribution is -2.22. The topological polar surface area (TPSA) is 41.1 Å². The van der Waals surface area contributed by atoms with Crippen LogP contribution in [-0.4, -0.2) is 12.5 Å². The number of nitrogens with one attached hydrogen (secondary N) is 2. The van der Waals surface area contributed by atoms with Crippen LogP contribution in [0.15, 0.2) is 36.4 Å². The Bertz CT molecular complexity index is 760. The van der Waals surface area contributed by atoms with Crippen LogP contribution >= 0.6 is 11.6 Å². The lowest BCUT2D eigenvalue weighted by atomic mass is 10.1. The second-order valence-electron chi connectivity index (χ2n) is 5.41. The van der Waals surface area contributed by atoms with E-state index in [-0.39, 0.29) is 23.2 Å². The lowest BCUT2D eigenvalue weighted by molar-refractivity contribution is -0.137. The fourth-order valence-corrected chi connectivity index (χ4v) is 2.35. The summed E-state index contributed by atoms with van der Waals surface area (Å²) in [5.74, 6) is -0.379. The maximum absolute atomic E-state index is 12.7. The SMILES string of the molecule is Cc1ccc(NC(=O)CNc2cc(C(F)(F)F)ccc2Cl)c(C)c1. The molecule has 0 fully saturated rings. The quantitative estimate of drug-likeness (QED) is 0.807. The van der Waals surface area contributed by atoms with Crippen molar-refractivity contribution in [2.75, 3.05) is 17.2 Å². The van der Waals surface area contributed by atoms with Crippen LogP contribution in [0.4, 0.5) is 24.5 Å². The Morgan fingerprint density at radius 1 is 1.08 bits per heavy atom. The summed E-state index contributed by atoms with van der Waals surface area (Å²) in [5.41, 5.74) is 1.86. The molecule has 2 aromatic carbocycles. The van der Waals surface area contributed by atoms with E-state index in [1.54, 1.807) is 6.07 Å². The molecule has 0 bridgehead atoms. The highest BCUT2D eigenvalue weighted by Gasteiger charge is 2.30. The molecule has 0 aliphatic carbocycles. The molecule has 128 valence electrons. The van der Waals surface area contributed by atoms with Gasteiger partial charge in [-0.25, -0.2) is 0 Å². The molecule has 2 N–H and O–H groups in total. The van der Waals surface area contributed by atoms with E-state index in [0.29, 0.717) is 5.69 Å². The maximum Gasteiger partial charge on any atom is 0.416 e. The van der Waals surface area contributed by atoms with Gasteiger partial charge >= 0.3 is 6.18 Å². The van der Waals surface area contributed by atoms with Crippen molar-refractivity contribution in [2.24, 2.45) is 0 Å². The van der Waals surface area contributed by atoms with Crippen molar-refractivity contribution in [2.45, 2.75) is 20.0 Å². The number of anilines is 2. The normalized spacial score (nSPS) is 11.2. The van der Waals surface area contributed by atoms with Crippen LogP contribution in [0.3, 0.4) is 0 Å². The van der Waals surface area contributed by atoms with Gasteiger partial charge in [0, 0.05) is 5.69 Å². The zero-order valence-electron chi connectivity index (χ0n) is 13.1. The summed E-state index contributed by atoms with van der Waals surface area (Å²) in [5, 5.41) is 5.45. The summed E-state index contributed by atoms with van der Waals surface area (Å²) in [6, 6.07) is 8.48. The van der Waals surface area contributed by atoms with Gasteiger partial charge in [0.25, 0.3) is 0 Å². The summed E-state index contributed by atoms with van der Waals surface area (Å²) >= 11 is 5.87. The molecule has 0 saturated heterocycles. The summed E-state index contributed by atoms with van der Waals surface area (Å²) in [6.45, 7) is 3.60. The van der Waals surface area contributed by atoms with E-state index in [9.17, 15) is 18.0 Å². The first kappa shape index (κ1) is 18.1. The van der Waals surface area contributed by atoms with Gasteiger partial charge in [0.2, 0.25) is 5.91 Å². The Balaban J connectivity index is 2.04. The number of benzene rings is 2. The second-order valence-corrected chi connectivity index (χ2v) is 5.82. The number of aryl methyl sites for hydroxylation is 2. The predicted molar refractivity (Wildman–Crippen MR) is 89.5 cm³/mol. The number of hydrogen-bond donors (Lipinski definition) is 2. The van der Waals surface area contributed by atoms with E-state index in [2.05, 4.69) is 10.6 Å². The van der Waals surface area contributed by atoms with Crippen molar-refractivity contribution in [1.29, 1.82) is 0 Å². The third kappa shape index (κ3) is 4.64. The zero-order chi connectivity index (χ0) is 17.9. The van der Waals surface area contributed by atoms with Crippen molar-refractivity contribution in [3.8, 4) is 0 Å². The smallest absolute Gasteiger partial charge is 0.375 e. The molecule has 0 radical (unpaired) electrons. The van der Waals surface area contributed by atoms with Crippen molar-refractivity contribution >= 4 is 28.9 Å². The number of hydrogen-bond acceptors (Lipinski definition) is 2. The average molecular weight is 357 g/mol. The summed E-state index contributed by atoms with van der Waals surface area (Å²) in [6.07, 6.45) is -4.47. The number of rotatable bonds is 4. The van der Waals surface area contributed by atoms with Crippen LogP contribution in [0.2, 0.25) is 5.02 Å². The minimum absolute atomic E-state index is 0.0577. The molecule has 2 aromatic rings. The molecule has 0 unspecified atom stereocenters. The van der Waals surface area contributed by atoms with Crippen LogP contribution in [0.5, 0.6) is 0 Å². The molecule has 1 amide bonds. The molecule has 0 aliphatic heterocycles. The van der Waals surface area contributed by atoms with E-state index in [4.69, 9.17) is 11.6 Å². The molecule has 0 aliphatic rings. The Labute approximate surface area is 142 Å². The van der Waals surface area contributed by atoms with Gasteiger partial charge in [-0.3, -0.25) is 4.79 Å². The van der Waals surface area contributed by atoms with Gasteiger partial charge in [-0.2, -0.15) is 13.2 Å². The number of carbonyl (C=O) groups is 1.